The zero-order valence-electron chi connectivity index (χ0n) is 32.1. The summed E-state index contributed by atoms with van der Waals surface area (Å²) >= 11 is 0. The molecule has 5 heterocycles. The maximum absolute atomic E-state index is 9.43. The Kier molecular flexibility index (Phi) is 6.03. The number of para-hydroxylation sites is 8. The van der Waals surface area contributed by atoms with Crippen LogP contribution in [-0.4, -0.2) is 18.1 Å². The molecule has 0 aliphatic carbocycles. The van der Waals surface area contributed by atoms with Crippen molar-refractivity contribution in [3.63, 3.8) is 0 Å². The second kappa shape index (κ2) is 11.4. The highest BCUT2D eigenvalue weighted by Crippen LogP contribution is 2.53. The Morgan fingerprint density at radius 3 is 1.02 bits per heavy atom. The summed E-state index contributed by atoms with van der Waals surface area (Å²) in [6, 6.07) is 67.8. The number of hydrogen-bond acceptors (Lipinski definition) is 0. The molecule has 0 fully saturated rings. The highest BCUT2D eigenvalue weighted by atomic mass is 15.1. The van der Waals surface area contributed by atoms with Crippen LogP contribution < -0.4 is 0 Å². The SMILES string of the molecule is [C-]#[N+]c1c(-n2c3ccccc3c3ccccc32)c(-n2c3ccccc3c3ccccc32)c(-n2c3ccccc3c3ccccc32)c2c1c1cccc3c4ccccc4n2c31. The maximum atomic E-state index is 9.43. The molecule has 0 amide bonds. The van der Waals surface area contributed by atoms with E-state index in [0.29, 0.717) is 5.69 Å². The van der Waals surface area contributed by atoms with E-state index in [9.17, 15) is 6.57 Å². The minimum absolute atomic E-state index is 0.623. The van der Waals surface area contributed by atoms with Gasteiger partial charge in [0.1, 0.15) is 0 Å². The van der Waals surface area contributed by atoms with Crippen LogP contribution >= 0.6 is 0 Å². The van der Waals surface area contributed by atoms with E-state index < -0.39 is 0 Å². The Hall–Kier alpha value is -8.33. The fraction of sp³-hybridized carbons (Fsp3) is 0. The molecule has 0 bridgehead atoms. The van der Waals surface area contributed by atoms with Crippen LogP contribution in [0.3, 0.4) is 0 Å². The van der Waals surface area contributed by atoms with Crippen molar-refractivity contribution < 1.29 is 0 Å². The molecule has 5 heteroatoms. The summed E-state index contributed by atoms with van der Waals surface area (Å²) in [7, 11) is 0. The molecule has 276 valence electrons. The predicted molar refractivity (Wildman–Crippen MR) is 250 cm³/mol. The van der Waals surface area contributed by atoms with Gasteiger partial charge in [0.05, 0.1) is 73.3 Å². The van der Waals surface area contributed by atoms with Gasteiger partial charge in [-0.25, -0.2) is 4.85 Å². The number of rotatable bonds is 3. The molecule has 5 nitrogen and oxygen atoms in total. The van der Waals surface area contributed by atoms with E-state index >= 15 is 0 Å². The van der Waals surface area contributed by atoms with Crippen LogP contribution in [0.15, 0.2) is 188 Å². The molecule has 0 aliphatic rings. The minimum Gasteiger partial charge on any atom is -0.317 e. The van der Waals surface area contributed by atoms with Gasteiger partial charge in [0, 0.05) is 48.5 Å². The Bertz CT molecular complexity index is 4040. The monoisotopic (exact) mass is 761 g/mol. The molecule has 9 aromatic carbocycles. The van der Waals surface area contributed by atoms with Gasteiger partial charge in [-0.05, 0) is 47.9 Å². The zero-order chi connectivity index (χ0) is 39.2. The van der Waals surface area contributed by atoms with Gasteiger partial charge in [0.15, 0.2) is 0 Å². The Morgan fingerprint density at radius 2 is 0.600 bits per heavy atom. The molecular formula is C55H31N5. The van der Waals surface area contributed by atoms with E-state index in [4.69, 9.17) is 4.85 Å². The first-order valence-corrected chi connectivity index (χ1v) is 20.4. The van der Waals surface area contributed by atoms with E-state index in [1.807, 2.05) is 0 Å². The van der Waals surface area contributed by atoms with Crippen molar-refractivity contribution in [2.24, 2.45) is 0 Å². The fourth-order valence-electron chi connectivity index (χ4n) is 10.8. The molecule has 0 spiro atoms. The van der Waals surface area contributed by atoms with Crippen molar-refractivity contribution in [1.29, 1.82) is 0 Å². The van der Waals surface area contributed by atoms with E-state index in [1.54, 1.807) is 0 Å². The zero-order valence-corrected chi connectivity index (χ0v) is 32.1. The first-order valence-electron chi connectivity index (χ1n) is 20.4. The van der Waals surface area contributed by atoms with Crippen LogP contribution in [0.1, 0.15) is 0 Å². The highest BCUT2D eigenvalue weighted by Gasteiger charge is 2.33. The van der Waals surface area contributed by atoms with Gasteiger partial charge < -0.3 is 18.1 Å². The standard InChI is InChI=1S/C55H31N5/c1-56-50-49-41-25-16-24-40-39-23-8-15-32-48(39)60(51(40)41)52(49)54(58-44-28-11-4-19-35(44)36-20-5-12-29-45(36)58)55(59-46-30-13-6-21-37(46)38-22-7-14-31-47(38)59)53(50)57-42-26-9-2-17-33(42)34-18-3-10-27-43(34)57/h2-32H. The normalized spacial score (nSPS) is 12.3. The lowest BCUT2D eigenvalue weighted by molar-refractivity contribution is 1.06. The summed E-state index contributed by atoms with van der Waals surface area (Å²) in [5.41, 5.74) is 13.2. The molecule has 0 N–H and O–H groups in total. The van der Waals surface area contributed by atoms with Crippen molar-refractivity contribution in [1.82, 2.24) is 18.1 Å². The Balaban J connectivity index is 1.39. The molecule has 0 radical (unpaired) electrons. The largest absolute Gasteiger partial charge is 0.317 e. The van der Waals surface area contributed by atoms with E-state index in [-0.39, 0.29) is 0 Å². The van der Waals surface area contributed by atoms with Gasteiger partial charge in [-0.3, -0.25) is 0 Å². The average Bonchev–Trinajstić information content (AvgIpc) is 4.10. The highest BCUT2D eigenvalue weighted by molar-refractivity contribution is 6.30. The number of aromatic nitrogens is 4. The van der Waals surface area contributed by atoms with E-state index in [1.165, 1.54) is 21.5 Å². The van der Waals surface area contributed by atoms with Crippen molar-refractivity contribution in [3.05, 3.63) is 199 Å². The summed E-state index contributed by atoms with van der Waals surface area (Å²) in [6.07, 6.45) is 0. The lowest BCUT2D eigenvalue weighted by Crippen LogP contribution is -2.11. The number of benzene rings is 9. The molecule has 5 aromatic heterocycles. The van der Waals surface area contributed by atoms with Crippen LogP contribution in [0.25, 0.3) is 125 Å². The summed E-state index contributed by atoms with van der Waals surface area (Å²) in [5, 5.41) is 11.4. The average molecular weight is 762 g/mol. The van der Waals surface area contributed by atoms with Crippen LogP contribution in [0, 0.1) is 6.57 Å². The molecule has 14 rings (SSSR count). The first kappa shape index (κ1) is 31.7. The second-order valence-corrected chi connectivity index (χ2v) is 15.9. The van der Waals surface area contributed by atoms with E-state index in [0.717, 1.165) is 99.0 Å². The molecule has 14 aromatic rings. The fourth-order valence-corrected chi connectivity index (χ4v) is 10.8. The van der Waals surface area contributed by atoms with Crippen LogP contribution in [0.2, 0.25) is 0 Å². The predicted octanol–water partition coefficient (Wildman–Crippen LogP) is 14.7. The Labute approximate surface area is 342 Å². The van der Waals surface area contributed by atoms with Gasteiger partial charge in [-0.1, -0.05) is 146 Å². The van der Waals surface area contributed by atoms with E-state index in [2.05, 4.69) is 206 Å². The minimum atomic E-state index is 0.623. The van der Waals surface area contributed by atoms with Crippen LogP contribution in [0.4, 0.5) is 5.69 Å². The summed E-state index contributed by atoms with van der Waals surface area (Å²) in [5.74, 6) is 0. The van der Waals surface area contributed by atoms with Gasteiger partial charge in [0.2, 0.25) is 5.69 Å². The molecule has 0 saturated carbocycles. The van der Waals surface area contributed by atoms with Crippen molar-refractivity contribution >= 4 is 109 Å². The molecule has 0 aliphatic heterocycles. The van der Waals surface area contributed by atoms with Crippen LogP contribution in [-0.2, 0) is 0 Å². The summed E-state index contributed by atoms with van der Waals surface area (Å²) in [6.45, 7) is 9.43. The molecule has 0 saturated heterocycles. The van der Waals surface area contributed by atoms with Gasteiger partial charge in [0.25, 0.3) is 0 Å². The van der Waals surface area contributed by atoms with Crippen molar-refractivity contribution in [2.75, 3.05) is 0 Å². The summed E-state index contributed by atoms with van der Waals surface area (Å²) in [4.78, 5) is 4.71. The lowest BCUT2D eigenvalue weighted by atomic mass is 10.0. The maximum Gasteiger partial charge on any atom is 0.222 e. The molecule has 0 unspecified atom stereocenters. The van der Waals surface area contributed by atoms with Gasteiger partial charge >= 0.3 is 0 Å². The number of nitrogens with zero attached hydrogens (tertiary/aromatic N) is 5. The smallest absolute Gasteiger partial charge is 0.222 e. The van der Waals surface area contributed by atoms with Crippen molar-refractivity contribution in [2.45, 2.75) is 0 Å². The van der Waals surface area contributed by atoms with Crippen molar-refractivity contribution in [3.8, 4) is 17.1 Å². The molecule has 60 heavy (non-hydrogen) atoms. The second-order valence-electron chi connectivity index (χ2n) is 15.9. The third kappa shape index (κ3) is 3.77. The first-order chi connectivity index (χ1) is 29.8. The van der Waals surface area contributed by atoms with Gasteiger partial charge in [-0.2, -0.15) is 0 Å². The third-order valence-corrected chi connectivity index (χ3v) is 13.1. The Morgan fingerprint density at radius 1 is 0.283 bits per heavy atom. The summed E-state index contributed by atoms with van der Waals surface area (Å²) < 4.78 is 9.82. The number of hydrogen-bond donors (Lipinski definition) is 0. The lowest BCUT2D eigenvalue weighted by Gasteiger charge is -2.25. The quantitative estimate of drug-likeness (QED) is 0.160. The third-order valence-electron chi connectivity index (χ3n) is 13.1. The van der Waals surface area contributed by atoms with Crippen LogP contribution in [0.5, 0.6) is 0 Å². The topological polar surface area (TPSA) is 23.6 Å². The molecular weight excluding hydrogens is 731 g/mol. The molecule has 0 atom stereocenters. The van der Waals surface area contributed by atoms with Gasteiger partial charge in [-0.15, -0.1) is 0 Å². The number of fused-ring (bicyclic) bond motifs is 15.